The minimum atomic E-state index is 0.938. The van der Waals surface area contributed by atoms with E-state index in [2.05, 4.69) is 13.8 Å². The molecule has 1 heteroatoms. The molecule has 0 spiro atoms. The molecular formula is C19H39O. The van der Waals surface area contributed by atoms with Crippen LogP contribution in [0.3, 0.4) is 0 Å². The van der Waals surface area contributed by atoms with Crippen molar-refractivity contribution in [3.05, 3.63) is 6.92 Å². The standard InChI is InChI=1S/C19H39O/c1-3-5-7-8-9-10-11-12-13-14-15-17-19-20-18-16-6-4-2/h2-19H2,1H3. The van der Waals surface area contributed by atoms with Gasteiger partial charge in [0.1, 0.15) is 0 Å². The first-order chi connectivity index (χ1) is 9.91. The van der Waals surface area contributed by atoms with E-state index in [1.807, 2.05) is 0 Å². The Kier molecular flexibility index (Phi) is 18.9. The van der Waals surface area contributed by atoms with E-state index < -0.39 is 0 Å². The van der Waals surface area contributed by atoms with E-state index >= 15 is 0 Å². The van der Waals surface area contributed by atoms with Crippen LogP contribution in [0, 0.1) is 6.92 Å². The summed E-state index contributed by atoms with van der Waals surface area (Å²) in [5, 5.41) is 0. The first-order valence-corrected chi connectivity index (χ1v) is 9.28. The van der Waals surface area contributed by atoms with Crippen molar-refractivity contribution in [2.45, 2.75) is 103 Å². The number of unbranched alkanes of at least 4 members (excludes halogenated alkanes) is 13. The van der Waals surface area contributed by atoms with Crippen molar-refractivity contribution in [1.82, 2.24) is 0 Å². The summed E-state index contributed by atoms with van der Waals surface area (Å²) in [6.45, 7) is 8.03. The maximum absolute atomic E-state index is 5.60. The van der Waals surface area contributed by atoms with Gasteiger partial charge in [-0.25, -0.2) is 0 Å². The Bertz CT molecular complexity index is 138. The van der Waals surface area contributed by atoms with Crippen LogP contribution in [0.25, 0.3) is 0 Å². The summed E-state index contributed by atoms with van der Waals surface area (Å²) >= 11 is 0. The molecule has 1 radical (unpaired) electrons. The highest BCUT2D eigenvalue weighted by atomic mass is 16.5. The molecule has 0 unspecified atom stereocenters. The third-order valence-corrected chi connectivity index (χ3v) is 3.93. The van der Waals surface area contributed by atoms with E-state index in [1.165, 1.54) is 89.9 Å². The number of rotatable bonds is 17. The third kappa shape index (κ3) is 18.0. The van der Waals surface area contributed by atoms with Gasteiger partial charge in [-0.2, -0.15) is 0 Å². The predicted molar refractivity (Wildman–Crippen MR) is 91.1 cm³/mol. The maximum Gasteiger partial charge on any atom is 0.0466 e. The number of hydrogen-bond acceptors (Lipinski definition) is 1. The zero-order chi connectivity index (χ0) is 14.7. The van der Waals surface area contributed by atoms with Gasteiger partial charge in [0.15, 0.2) is 0 Å². The SMILES string of the molecule is [CH2]CCCCOCCCCCCCCCCCCCC. The highest BCUT2D eigenvalue weighted by Crippen LogP contribution is 2.11. The van der Waals surface area contributed by atoms with Crippen LogP contribution in [-0.2, 0) is 4.74 Å². The van der Waals surface area contributed by atoms with Crippen molar-refractivity contribution in [2.75, 3.05) is 13.2 Å². The summed E-state index contributed by atoms with van der Waals surface area (Å²) < 4.78 is 5.60. The van der Waals surface area contributed by atoms with E-state index in [9.17, 15) is 0 Å². The molecule has 0 aromatic rings. The number of ether oxygens (including phenoxy) is 1. The van der Waals surface area contributed by atoms with Gasteiger partial charge in [-0.05, 0) is 12.8 Å². The third-order valence-electron chi connectivity index (χ3n) is 3.93. The molecule has 0 aliphatic carbocycles. The van der Waals surface area contributed by atoms with Crippen LogP contribution in [0.1, 0.15) is 103 Å². The van der Waals surface area contributed by atoms with E-state index in [4.69, 9.17) is 4.74 Å². The lowest BCUT2D eigenvalue weighted by molar-refractivity contribution is 0.126. The second-order valence-electron chi connectivity index (χ2n) is 6.06. The quantitative estimate of drug-likeness (QED) is 0.270. The van der Waals surface area contributed by atoms with Crippen LogP contribution in [0.2, 0.25) is 0 Å². The summed E-state index contributed by atoms with van der Waals surface area (Å²) in [7, 11) is 0. The van der Waals surface area contributed by atoms with Gasteiger partial charge in [0.05, 0.1) is 0 Å². The van der Waals surface area contributed by atoms with Crippen LogP contribution in [0.15, 0.2) is 0 Å². The molecule has 0 heterocycles. The maximum atomic E-state index is 5.60. The van der Waals surface area contributed by atoms with Crippen LogP contribution >= 0.6 is 0 Å². The minimum absolute atomic E-state index is 0.938. The minimum Gasteiger partial charge on any atom is -0.381 e. The fraction of sp³-hybridized carbons (Fsp3) is 0.947. The van der Waals surface area contributed by atoms with E-state index in [1.54, 1.807) is 0 Å². The molecule has 0 saturated heterocycles. The molecule has 0 saturated carbocycles. The smallest absolute Gasteiger partial charge is 0.0466 e. The summed E-state index contributed by atoms with van der Waals surface area (Å²) in [5.74, 6) is 0. The molecule has 121 valence electrons. The van der Waals surface area contributed by atoms with E-state index in [0.29, 0.717) is 0 Å². The summed E-state index contributed by atoms with van der Waals surface area (Å²) in [6.07, 6.45) is 20.4. The van der Waals surface area contributed by atoms with Gasteiger partial charge in [-0.1, -0.05) is 97.3 Å². The molecule has 0 N–H and O–H groups in total. The lowest BCUT2D eigenvalue weighted by atomic mass is 10.1. The monoisotopic (exact) mass is 283 g/mol. The lowest BCUT2D eigenvalue weighted by Crippen LogP contribution is -1.96. The van der Waals surface area contributed by atoms with Crippen LogP contribution in [0.5, 0.6) is 0 Å². The molecular weight excluding hydrogens is 244 g/mol. The van der Waals surface area contributed by atoms with Gasteiger partial charge in [-0.3, -0.25) is 0 Å². The molecule has 0 atom stereocenters. The normalized spacial score (nSPS) is 11.1. The zero-order valence-corrected chi connectivity index (χ0v) is 14.1. The molecule has 0 bridgehead atoms. The molecule has 0 aliphatic rings. The van der Waals surface area contributed by atoms with Gasteiger partial charge >= 0.3 is 0 Å². The second kappa shape index (κ2) is 19.0. The summed E-state index contributed by atoms with van der Waals surface area (Å²) in [5.41, 5.74) is 0. The van der Waals surface area contributed by atoms with Crippen molar-refractivity contribution in [1.29, 1.82) is 0 Å². The van der Waals surface area contributed by atoms with Crippen molar-refractivity contribution in [3.63, 3.8) is 0 Å². The fourth-order valence-corrected chi connectivity index (χ4v) is 2.53. The Labute approximate surface area is 128 Å². The Hall–Kier alpha value is -0.0400. The van der Waals surface area contributed by atoms with Crippen molar-refractivity contribution in [2.24, 2.45) is 0 Å². The largest absolute Gasteiger partial charge is 0.381 e. The topological polar surface area (TPSA) is 9.23 Å². The van der Waals surface area contributed by atoms with Crippen LogP contribution in [0.4, 0.5) is 0 Å². The van der Waals surface area contributed by atoms with Gasteiger partial charge in [0, 0.05) is 13.2 Å². The Morgan fingerprint density at radius 3 is 1.40 bits per heavy atom. The Morgan fingerprint density at radius 2 is 0.950 bits per heavy atom. The zero-order valence-electron chi connectivity index (χ0n) is 14.1. The molecule has 0 aliphatic heterocycles. The lowest BCUT2D eigenvalue weighted by Gasteiger charge is -2.04. The molecule has 0 rings (SSSR count). The summed E-state index contributed by atoms with van der Waals surface area (Å²) in [4.78, 5) is 0. The van der Waals surface area contributed by atoms with Crippen molar-refractivity contribution >= 4 is 0 Å². The number of hydrogen-bond donors (Lipinski definition) is 0. The summed E-state index contributed by atoms with van der Waals surface area (Å²) in [6, 6.07) is 0. The van der Waals surface area contributed by atoms with E-state index in [-0.39, 0.29) is 0 Å². The van der Waals surface area contributed by atoms with Crippen LogP contribution in [-0.4, -0.2) is 13.2 Å². The molecule has 0 amide bonds. The predicted octanol–water partition coefficient (Wildman–Crippen LogP) is 6.71. The average Bonchev–Trinajstić information content (AvgIpc) is 2.47. The highest BCUT2D eigenvalue weighted by molar-refractivity contribution is 4.48. The molecule has 0 aromatic carbocycles. The van der Waals surface area contributed by atoms with Crippen molar-refractivity contribution in [3.8, 4) is 0 Å². The molecule has 0 fully saturated rings. The molecule has 20 heavy (non-hydrogen) atoms. The van der Waals surface area contributed by atoms with Gasteiger partial charge in [0.2, 0.25) is 0 Å². The Morgan fingerprint density at radius 1 is 0.550 bits per heavy atom. The van der Waals surface area contributed by atoms with Crippen LogP contribution < -0.4 is 0 Å². The first kappa shape index (κ1) is 20.0. The van der Waals surface area contributed by atoms with Gasteiger partial charge in [0.25, 0.3) is 0 Å². The molecule has 0 aromatic heterocycles. The molecule has 1 nitrogen and oxygen atoms in total. The highest BCUT2D eigenvalue weighted by Gasteiger charge is 1.94. The van der Waals surface area contributed by atoms with Gasteiger partial charge in [-0.15, -0.1) is 0 Å². The second-order valence-corrected chi connectivity index (χ2v) is 6.06. The fourth-order valence-electron chi connectivity index (χ4n) is 2.53. The van der Waals surface area contributed by atoms with Crippen molar-refractivity contribution < 1.29 is 4.74 Å². The first-order valence-electron chi connectivity index (χ1n) is 9.28. The van der Waals surface area contributed by atoms with Gasteiger partial charge < -0.3 is 4.74 Å². The average molecular weight is 284 g/mol. The van der Waals surface area contributed by atoms with E-state index in [0.717, 1.165) is 19.6 Å². The Balaban J connectivity index is 2.89.